The number of nitrogens with one attached hydrogen (secondary N) is 1. The number of carbonyl (C=O) groups excluding carboxylic acids is 3. The average molecular weight is 407 g/mol. The van der Waals surface area contributed by atoms with Crippen LogP contribution in [0, 0.1) is 10.1 Å². The zero-order valence-electron chi connectivity index (χ0n) is 14.8. The van der Waals surface area contributed by atoms with Gasteiger partial charge in [0.25, 0.3) is 5.69 Å². The number of nitrogens with zero attached hydrogens (tertiary/aromatic N) is 2. The lowest BCUT2D eigenvalue weighted by molar-refractivity contribution is -0.384. The third-order valence-corrected chi connectivity index (χ3v) is 6.15. The Bertz CT molecular complexity index is 899. The topological polar surface area (TPSA) is 136 Å². The number of hydrogen-bond donors (Lipinski definition) is 1. The number of nitro groups is 1. The van der Waals surface area contributed by atoms with Gasteiger partial charge in [-0.3, -0.25) is 23.9 Å². The van der Waals surface area contributed by atoms with Crippen molar-refractivity contribution in [3.8, 4) is 0 Å². The summed E-state index contributed by atoms with van der Waals surface area (Å²) in [7, 11) is -1.49. The highest BCUT2D eigenvalue weighted by Crippen LogP contribution is 2.34. The van der Waals surface area contributed by atoms with E-state index in [2.05, 4.69) is 11.9 Å². The number of β-lactam (4-membered cyclic amide) rings is 1. The molecule has 1 aromatic carbocycles. The Balaban J connectivity index is 1.69. The van der Waals surface area contributed by atoms with E-state index in [1.54, 1.807) is 0 Å². The number of benzene rings is 1. The van der Waals surface area contributed by atoms with Gasteiger partial charge in [0.15, 0.2) is 6.04 Å². The molecule has 2 aliphatic heterocycles. The molecule has 0 bridgehead atoms. The van der Waals surface area contributed by atoms with Crippen molar-refractivity contribution >= 4 is 34.3 Å². The minimum atomic E-state index is -1.49. The Morgan fingerprint density at radius 2 is 2.04 bits per heavy atom. The maximum atomic E-state index is 12.6. The first-order valence-corrected chi connectivity index (χ1v) is 9.63. The van der Waals surface area contributed by atoms with Gasteiger partial charge in [-0.2, -0.15) is 0 Å². The lowest BCUT2D eigenvalue weighted by atomic mass is 9.98. The number of hydrogen-bond acceptors (Lipinski definition) is 7. The van der Waals surface area contributed by atoms with E-state index in [4.69, 9.17) is 4.74 Å². The Morgan fingerprint density at radius 1 is 1.39 bits per heavy atom. The van der Waals surface area contributed by atoms with Gasteiger partial charge in [0.1, 0.15) is 18.0 Å². The number of amides is 2. The number of carbonyl (C=O) groups is 3. The summed E-state index contributed by atoms with van der Waals surface area (Å²) in [6.45, 7) is 4.84. The molecule has 10 nitrogen and oxygen atoms in total. The molecule has 1 N–H and O–H groups in total. The van der Waals surface area contributed by atoms with Crippen molar-refractivity contribution in [2.24, 2.45) is 0 Å². The zero-order valence-corrected chi connectivity index (χ0v) is 15.6. The summed E-state index contributed by atoms with van der Waals surface area (Å²) >= 11 is 0. The fraction of sp³-hybridized carbons (Fsp3) is 0.353. The van der Waals surface area contributed by atoms with Gasteiger partial charge in [-0.25, -0.2) is 4.79 Å². The van der Waals surface area contributed by atoms with Gasteiger partial charge in [0.2, 0.25) is 11.8 Å². The van der Waals surface area contributed by atoms with E-state index < -0.39 is 51.0 Å². The molecule has 2 saturated heterocycles. The smallest absolute Gasteiger partial charge is 0.333 e. The molecule has 2 amide bonds. The van der Waals surface area contributed by atoms with Crippen molar-refractivity contribution in [3.63, 3.8) is 0 Å². The van der Waals surface area contributed by atoms with Crippen LogP contribution in [0.25, 0.3) is 0 Å². The van der Waals surface area contributed by atoms with E-state index in [1.807, 2.05) is 0 Å². The predicted molar refractivity (Wildman–Crippen MR) is 97.1 cm³/mol. The normalized spacial score (nSPS) is 26.1. The van der Waals surface area contributed by atoms with Crippen LogP contribution in [-0.4, -0.2) is 55.0 Å². The fourth-order valence-electron chi connectivity index (χ4n) is 3.16. The van der Waals surface area contributed by atoms with Crippen molar-refractivity contribution in [3.05, 3.63) is 52.1 Å². The number of fused-ring (bicyclic) bond motifs is 1. The second kappa shape index (κ2) is 7.50. The summed E-state index contributed by atoms with van der Waals surface area (Å²) in [5, 5.41) is 12.3. The highest BCUT2D eigenvalue weighted by atomic mass is 32.2. The van der Waals surface area contributed by atoms with Gasteiger partial charge >= 0.3 is 5.97 Å². The molecular weight excluding hydrogens is 390 g/mol. The third kappa shape index (κ3) is 3.52. The standard InChI is InChI=1S/C17H17N3O7S/c1-9-8-28(26)16-13(18-10(2)21)15(22)19(16)14(9)17(23)27-7-11-3-5-12(6-4-11)20(24)25/h3-6,13-14,16H,1,7-8H2,2H3,(H,18,21)/t13?,14?,16-,28?/m0/s1. The van der Waals surface area contributed by atoms with E-state index in [0.29, 0.717) is 5.56 Å². The van der Waals surface area contributed by atoms with Gasteiger partial charge < -0.3 is 15.0 Å². The van der Waals surface area contributed by atoms with Gasteiger partial charge in [-0.15, -0.1) is 0 Å². The highest BCUT2D eigenvalue weighted by Gasteiger charge is 2.59. The number of non-ortho nitro benzene ring substituents is 1. The summed E-state index contributed by atoms with van der Waals surface area (Å²) < 4.78 is 17.6. The van der Waals surface area contributed by atoms with Crippen LogP contribution in [0.1, 0.15) is 12.5 Å². The van der Waals surface area contributed by atoms with Crippen LogP contribution in [0.4, 0.5) is 5.69 Å². The number of rotatable bonds is 5. The van der Waals surface area contributed by atoms with Crippen molar-refractivity contribution in [2.45, 2.75) is 31.0 Å². The molecule has 2 aliphatic rings. The minimum Gasteiger partial charge on any atom is -0.459 e. The second-order valence-electron chi connectivity index (χ2n) is 6.43. The quantitative estimate of drug-likeness (QED) is 0.238. The molecule has 2 fully saturated rings. The van der Waals surface area contributed by atoms with Gasteiger partial charge in [-0.05, 0) is 23.3 Å². The van der Waals surface area contributed by atoms with Crippen LogP contribution < -0.4 is 5.32 Å². The van der Waals surface area contributed by atoms with Crippen LogP contribution in [0.3, 0.4) is 0 Å². The second-order valence-corrected chi connectivity index (χ2v) is 7.96. The largest absolute Gasteiger partial charge is 0.459 e. The summed E-state index contributed by atoms with van der Waals surface area (Å²) in [6, 6.07) is 3.48. The van der Waals surface area contributed by atoms with Gasteiger partial charge in [0, 0.05) is 24.8 Å². The fourth-order valence-corrected chi connectivity index (χ4v) is 4.82. The summed E-state index contributed by atoms with van der Waals surface area (Å²) in [5.41, 5.74) is 0.737. The molecule has 11 heteroatoms. The summed E-state index contributed by atoms with van der Waals surface area (Å²) in [4.78, 5) is 47.4. The molecule has 2 heterocycles. The molecule has 3 unspecified atom stereocenters. The molecule has 28 heavy (non-hydrogen) atoms. The van der Waals surface area contributed by atoms with Crippen LogP contribution in [0.15, 0.2) is 36.4 Å². The molecule has 4 atom stereocenters. The number of ether oxygens (including phenoxy) is 1. The van der Waals surface area contributed by atoms with Crippen molar-refractivity contribution < 1.29 is 28.3 Å². The first-order chi connectivity index (χ1) is 13.2. The SMILES string of the molecule is C=C1CS(=O)[C@H]2C(NC(C)=O)C(=O)N2C1C(=O)OCc1ccc([N+](=O)[O-])cc1. The van der Waals surface area contributed by atoms with Crippen LogP contribution in [0.5, 0.6) is 0 Å². The van der Waals surface area contributed by atoms with Crippen LogP contribution in [-0.2, 0) is 36.5 Å². The van der Waals surface area contributed by atoms with Crippen molar-refractivity contribution in [2.75, 3.05) is 5.75 Å². The van der Waals surface area contributed by atoms with Crippen LogP contribution >= 0.6 is 0 Å². The molecule has 0 aliphatic carbocycles. The average Bonchev–Trinajstić information content (AvgIpc) is 2.64. The summed E-state index contributed by atoms with van der Waals surface area (Å²) in [5.74, 6) is -1.68. The van der Waals surface area contributed by atoms with E-state index in [9.17, 15) is 28.7 Å². The third-order valence-electron chi connectivity index (χ3n) is 4.45. The Labute approximate surface area is 162 Å². The summed E-state index contributed by atoms with van der Waals surface area (Å²) in [6.07, 6.45) is 0. The molecule has 0 aromatic heterocycles. The predicted octanol–water partition coefficient (Wildman–Crippen LogP) is -0.00190. The molecule has 1 aromatic rings. The van der Waals surface area contributed by atoms with Gasteiger partial charge in [-0.1, -0.05) is 6.58 Å². The monoisotopic (exact) mass is 407 g/mol. The lowest BCUT2D eigenvalue weighted by Crippen LogP contribution is -2.77. The zero-order chi connectivity index (χ0) is 20.6. The molecule has 0 radical (unpaired) electrons. The molecule has 3 rings (SSSR count). The first-order valence-electron chi connectivity index (χ1n) is 8.25. The maximum Gasteiger partial charge on any atom is 0.333 e. The Hall–Kier alpha value is -3.08. The molecule has 0 spiro atoms. The Morgan fingerprint density at radius 3 is 2.61 bits per heavy atom. The van der Waals surface area contributed by atoms with Crippen molar-refractivity contribution in [1.29, 1.82) is 0 Å². The first kappa shape index (κ1) is 19.7. The van der Waals surface area contributed by atoms with Crippen molar-refractivity contribution in [1.82, 2.24) is 10.2 Å². The van der Waals surface area contributed by atoms with E-state index in [-0.39, 0.29) is 23.6 Å². The van der Waals surface area contributed by atoms with E-state index in [0.717, 1.165) is 4.90 Å². The van der Waals surface area contributed by atoms with E-state index >= 15 is 0 Å². The molecular formula is C17H17N3O7S. The lowest BCUT2D eigenvalue weighted by Gasteiger charge is -2.52. The minimum absolute atomic E-state index is 0.0157. The highest BCUT2D eigenvalue weighted by molar-refractivity contribution is 7.86. The molecule has 0 saturated carbocycles. The number of nitro benzene ring substituents is 1. The maximum absolute atomic E-state index is 12.6. The van der Waals surface area contributed by atoms with E-state index in [1.165, 1.54) is 31.2 Å². The van der Waals surface area contributed by atoms with Crippen LogP contribution in [0.2, 0.25) is 0 Å². The van der Waals surface area contributed by atoms with Gasteiger partial charge in [0.05, 0.1) is 15.7 Å². The molecule has 148 valence electrons. The number of esters is 1. The Kier molecular flexibility index (Phi) is 5.27.